The van der Waals surface area contributed by atoms with Crippen LogP contribution in [-0.4, -0.2) is 31.2 Å². The number of carbonyl (C=O) groups excluding carboxylic acids is 1. The van der Waals surface area contributed by atoms with Crippen LogP contribution >= 0.6 is 0 Å². The van der Waals surface area contributed by atoms with Crippen molar-refractivity contribution in [2.75, 3.05) is 19.8 Å². The van der Waals surface area contributed by atoms with Crippen molar-refractivity contribution in [3.8, 4) is 0 Å². The van der Waals surface area contributed by atoms with Gasteiger partial charge >= 0.3 is 0 Å². The highest BCUT2D eigenvalue weighted by atomic mass is 16.5. The Kier molecular flexibility index (Phi) is 7.58. The van der Waals surface area contributed by atoms with Gasteiger partial charge in [-0.15, -0.1) is 0 Å². The predicted octanol–water partition coefficient (Wildman–Crippen LogP) is 0.717. The molecule has 0 aromatic heterocycles. The summed E-state index contributed by atoms with van der Waals surface area (Å²) in [5.74, 6) is 0.0953. The number of carbonyl (C=O) groups is 1. The minimum Gasteiger partial charge on any atom is -0.401 e. The summed E-state index contributed by atoms with van der Waals surface area (Å²) >= 11 is 0. The fraction of sp³-hybridized carbons (Fsp3) is 0.750. The van der Waals surface area contributed by atoms with E-state index in [1.165, 1.54) is 6.92 Å². The molecule has 0 spiro atoms. The summed E-state index contributed by atoms with van der Waals surface area (Å²) in [5, 5.41) is 5.96. The number of rotatable bonds is 9. The van der Waals surface area contributed by atoms with Gasteiger partial charge in [-0.25, -0.2) is 0 Å². The molecule has 0 aromatic carbocycles. The topological polar surface area (TPSA) is 76.4 Å². The van der Waals surface area contributed by atoms with Crippen LogP contribution in [0.1, 0.15) is 34.1 Å². The number of hydrogen-bond donors (Lipinski definition) is 3. The van der Waals surface area contributed by atoms with Crippen molar-refractivity contribution in [3.05, 3.63) is 11.9 Å². The van der Waals surface area contributed by atoms with E-state index in [-0.39, 0.29) is 11.4 Å². The molecule has 0 radical (unpaired) electrons. The van der Waals surface area contributed by atoms with E-state index in [0.29, 0.717) is 19.7 Å². The van der Waals surface area contributed by atoms with Crippen molar-refractivity contribution < 1.29 is 9.53 Å². The molecule has 0 aliphatic rings. The van der Waals surface area contributed by atoms with Gasteiger partial charge in [0, 0.05) is 24.9 Å². The van der Waals surface area contributed by atoms with Crippen LogP contribution in [0.3, 0.4) is 0 Å². The first kappa shape index (κ1) is 15.9. The molecule has 0 bridgehead atoms. The number of nitrogens with two attached hydrogens (primary N) is 1. The van der Waals surface area contributed by atoms with Crippen molar-refractivity contribution in [3.63, 3.8) is 0 Å². The third-order valence-electron chi connectivity index (χ3n) is 2.06. The number of ether oxygens (including phenoxy) is 1. The lowest BCUT2D eigenvalue weighted by atomic mass is 10.0. The van der Waals surface area contributed by atoms with Crippen LogP contribution in [0.4, 0.5) is 0 Å². The Balaban J connectivity index is 3.90. The molecule has 0 aromatic rings. The van der Waals surface area contributed by atoms with Crippen LogP contribution in [0.2, 0.25) is 0 Å². The Hall–Kier alpha value is -1.07. The number of nitrogens with one attached hydrogen (secondary N) is 2. The van der Waals surface area contributed by atoms with Crippen LogP contribution in [0.5, 0.6) is 0 Å². The largest absolute Gasteiger partial charge is 0.401 e. The lowest BCUT2D eigenvalue weighted by molar-refractivity contribution is -0.117. The van der Waals surface area contributed by atoms with Crippen LogP contribution in [0, 0.1) is 0 Å². The zero-order valence-corrected chi connectivity index (χ0v) is 11.3. The first-order chi connectivity index (χ1) is 7.87. The highest BCUT2D eigenvalue weighted by Gasteiger charge is 2.19. The van der Waals surface area contributed by atoms with Crippen molar-refractivity contribution >= 4 is 5.78 Å². The van der Waals surface area contributed by atoms with Gasteiger partial charge in [0.1, 0.15) is 5.78 Å². The summed E-state index contributed by atoms with van der Waals surface area (Å²) in [5.41, 5.74) is 6.25. The maximum atomic E-state index is 10.7. The molecular weight excluding hydrogens is 218 g/mol. The highest BCUT2D eigenvalue weighted by molar-refractivity contribution is 5.77. The summed E-state index contributed by atoms with van der Waals surface area (Å²) in [7, 11) is 0. The molecule has 0 aliphatic heterocycles. The van der Waals surface area contributed by atoms with E-state index in [0.717, 1.165) is 12.2 Å². The minimum atomic E-state index is -0.347. The monoisotopic (exact) mass is 243 g/mol. The van der Waals surface area contributed by atoms with Gasteiger partial charge in [0.25, 0.3) is 0 Å². The van der Waals surface area contributed by atoms with Gasteiger partial charge in [-0.3, -0.25) is 10.1 Å². The van der Waals surface area contributed by atoms with Gasteiger partial charge < -0.3 is 15.8 Å². The Morgan fingerprint density at radius 1 is 1.47 bits per heavy atom. The number of hydrogen-bond acceptors (Lipinski definition) is 5. The first-order valence-electron chi connectivity index (χ1n) is 5.89. The van der Waals surface area contributed by atoms with E-state index >= 15 is 0 Å². The number of Topliss-reactive ketones (excluding diaryl/α,β-unsaturated/α-hetero) is 1. The van der Waals surface area contributed by atoms with Crippen molar-refractivity contribution in [1.29, 1.82) is 0 Å². The van der Waals surface area contributed by atoms with Crippen LogP contribution < -0.4 is 16.4 Å². The van der Waals surface area contributed by atoms with Crippen molar-refractivity contribution in [2.45, 2.75) is 39.7 Å². The van der Waals surface area contributed by atoms with Gasteiger partial charge in [0.15, 0.2) is 0 Å². The zero-order chi connectivity index (χ0) is 13.3. The van der Waals surface area contributed by atoms with E-state index in [1.807, 2.05) is 20.8 Å². The molecule has 5 heteroatoms. The molecule has 0 unspecified atom stereocenters. The normalized spacial score (nSPS) is 12.6. The Morgan fingerprint density at radius 3 is 2.65 bits per heavy atom. The fourth-order valence-electron chi connectivity index (χ4n) is 1.30. The van der Waals surface area contributed by atoms with Gasteiger partial charge in [-0.05, 0) is 27.7 Å². The molecule has 0 heterocycles. The Morgan fingerprint density at radius 2 is 2.12 bits per heavy atom. The fourth-order valence-corrected chi connectivity index (χ4v) is 1.30. The smallest absolute Gasteiger partial charge is 0.143 e. The van der Waals surface area contributed by atoms with Crippen LogP contribution in [0.15, 0.2) is 11.9 Å². The third-order valence-corrected chi connectivity index (χ3v) is 2.06. The van der Waals surface area contributed by atoms with Gasteiger partial charge in [0.2, 0.25) is 0 Å². The number of ketones is 1. The summed E-state index contributed by atoms with van der Waals surface area (Å²) < 4.78 is 5.62. The van der Waals surface area contributed by atoms with Crippen LogP contribution in [0.25, 0.3) is 0 Å². The molecule has 0 amide bonds. The molecule has 0 saturated heterocycles. The SMILES string of the molecule is CCN/C=C(\N)CC(C)(C)OCNCC(C)=O. The van der Waals surface area contributed by atoms with E-state index in [9.17, 15) is 4.79 Å². The maximum absolute atomic E-state index is 10.7. The quantitative estimate of drug-likeness (QED) is 0.411. The molecule has 0 aliphatic carbocycles. The molecule has 100 valence electrons. The second-order valence-electron chi connectivity index (χ2n) is 4.63. The second-order valence-corrected chi connectivity index (χ2v) is 4.63. The van der Waals surface area contributed by atoms with E-state index < -0.39 is 0 Å². The van der Waals surface area contributed by atoms with Crippen molar-refractivity contribution in [2.24, 2.45) is 5.73 Å². The minimum absolute atomic E-state index is 0.0953. The molecule has 0 fully saturated rings. The van der Waals surface area contributed by atoms with Gasteiger partial charge in [-0.2, -0.15) is 0 Å². The second kappa shape index (κ2) is 8.08. The summed E-state index contributed by atoms with van der Waals surface area (Å²) in [6, 6.07) is 0. The summed E-state index contributed by atoms with van der Waals surface area (Å²) in [6.45, 7) is 9.01. The molecule has 17 heavy (non-hydrogen) atoms. The molecule has 0 atom stereocenters. The Labute approximate surface area is 104 Å². The van der Waals surface area contributed by atoms with E-state index in [1.54, 1.807) is 6.20 Å². The zero-order valence-electron chi connectivity index (χ0n) is 11.3. The highest BCUT2D eigenvalue weighted by Crippen LogP contribution is 2.16. The lowest BCUT2D eigenvalue weighted by Gasteiger charge is -2.25. The van der Waals surface area contributed by atoms with Crippen LogP contribution in [-0.2, 0) is 9.53 Å². The van der Waals surface area contributed by atoms with Gasteiger partial charge in [0.05, 0.1) is 18.9 Å². The molecule has 0 saturated carbocycles. The predicted molar refractivity (Wildman–Crippen MR) is 69.3 cm³/mol. The third kappa shape index (κ3) is 9.84. The lowest BCUT2D eigenvalue weighted by Crippen LogP contribution is -2.33. The molecule has 5 nitrogen and oxygen atoms in total. The average molecular weight is 243 g/mol. The summed E-state index contributed by atoms with van der Waals surface area (Å²) in [6.07, 6.45) is 2.44. The van der Waals surface area contributed by atoms with Gasteiger partial charge in [-0.1, -0.05) is 0 Å². The van der Waals surface area contributed by atoms with E-state index in [4.69, 9.17) is 10.5 Å². The average Bonchev–Trinajstić information content (AvgIpc) is 2.20. The molecule has 4 N–H and O–H groups in total. The van der Waals surface area contributed by atoms with Crippen molar-refractivity contribution in [1.82, 2.24) is 10.6 Å². The standard InChI is InChI=1S/C12H25N3O2/c1-5-14-8-11(13)6-12(3,4)17-9-15-7-10(2)16/h8,14-15H,5-7,9,13H2,1-4H3/b11-8-. The molecular formula is C12H25N3O2. The maximum Gasteiger partial charge on any atom is 0.143 e. The Bertz CT molecular complexity index is 262. The summed E-state index contributed by atoms with van der Waals surface area (Å²) in [4.78, 5) is 10.7. The molecule has 0 rings (SSSR count). The van der Waals surface area contributed by atoms with E-state index in [2.05, 4.69) is 10.6 Å². The first-order valence-corrected chi connectivity index (χ1v) is 5.89.